The van der Waals surface area contributed by atoms with Gasteiger partial charge in [-0.05, 0) is 48.5 Å². The van der Waals surface area contributed by atoms with Crippen LogP contribution in [0.1, 0.15) is 6.92 Å². The van der Waals surface area contributed by atoms with Gasteiger partial charge in [-0.25, -0.2) is 0 Å². The Hall–Kier alpha value is -2.02. The van der Waals surface area contributed by atoms with Gasteiger partial charge < -0.3 is 0 Å². The van der Waals surface area contributed by atoms with E-state index in [0.717, 1.165) is 0 Å². The van der Waals surface area contributed by atoms with E-state index in [2.05, 4.69) is 53.9 Å². The third kappa shape index (κ3) is 7.98. The van der Waals surface area contributed by atoms with Crippen LogP contribution in [0.15, 0.2) is 12.7 Å². The van der Waals surface area contributed by atoms with Crippen molar-refractivity contribution in [2.45, 2.75) is 6.92 Å². The lowest BCUT2D eigenvalue weighted by molar-refractivity contribution is 1.92. The molecule has 0 saturated carbocycles. The molecular weight excluding hydrogens is 132 g/mol. The van der Waals surface area contributed by atoms with Crippen LogP contribution in [0.25, 0.3) is 0 Å². The Bertz CT molecular complexity index is 353. The Morgan fingerprint density at radius 1 is 0.909 bits per heavy atom. The van der Waals surface area contributed by atoms with Crippen LogP contribution in [0.3, 0.4) is 0 Å². The normalized spacial score (nSPS) is 4.09. The highest BCUT2D eigenvalue weighted by atomic mass is 13.6. The van der Waals surface area contributed by atoms with Crippen LogP contribution in [0.2, 0.25) is 0 Å². The zero-order chi connectivity index (χ0) is 8.36. The summed E-state index contributed by atoms with van der Waals surface area (Å²) in [6.07, 6.45) is 1.48. The minimum atomic E-state index is 1.48. The van der Waals surface area contributed by atoms with Crippen molar-refractivity contribution in [2.24, 2.45) is 0 Å². The summed E-state index contributed by atoms with van der Waals surface area (Å²) in [5.74, 6) is 20.4. The fraction of sp³-hybridized carbons (Fsp3) is 0.0909. The van der Waals surface area contributed by atoms with Gasteiger partial charge in [-0.3, -0.25) is 0 Å². The first-order valence-corrected chi connectivity index (χ1v) is 2.95. The van der Waals surface area contributed by atoms with E-state index in [1.54, 1.807) is 6.92 Å². The maximum atomic E-state index is 3.41. The van der Waals surface area contributed by atoms with Gasteiger partial charge >= 0.3 is 0 Å². The van der Waals surface area contributed by atoms with Crippen molar-refractivity contribution in [1.29, 1.82) is 0 Å². The average Bonchev–Trinajstić information content (AvgIpc) is 2.03. The summed E-state index contributed by atoms with van der Waals surface area (Å²) in [5.41, 5.74) is 0. The predicted molar refractivity (Wildman–Crippen MR) is 47.0 cm³/mol. The van der Waals surface area contributed by atoms with Gasteiger partial charge in [0.05, 0.1) is 0 Å². The molecule has 0 aromatic rings. The van der Waals surface area contributed by atoms with E-state index in [1.807, 2.05) is 0 Å². The third-order valence-electron chi connectivity index (χ3n) is 0.612. The molecule has 0 saturated heterocycles. The van der Waals surface area contributed by atoms with Crippen LogP contribution >= 0.6 is 0 Å². The van der Waals surface area contributed by atoms with Crippen LogP contribution in [0.5, 0.6) is 0 Å². The van der Waals surface area contributed by atoms with Gasteiger partial charge in [-0.1, -0.05) is 18.4 Å². The van der Waals surface area contributed by atoms with Crippen molar-refractivity contribution in [2.75, 3.05) is 0 Å². The number of hydrogen-bond acceptors (Lipinski definition) is 0. The van der Waals surface area contributed by atoms with Gasteiger partial charge in [0.2, 0.25) is 0 Å². The van der Waals surface area contributed by atoms with Crippen LogP contribution in [0, 0.1) is 47.4 Å². The minimum absolute atomic E-state index is 1.48. The molecule has 0 aliphatic carbocycles. The predicted octanol–water partition coefficient (Wildman–Crippen LogP) is 1.21. The van der Waals surface area contributed by atoms with E-state index in [0.29, 0.717) is 0 Å². The number of hydrogen-bond donors (Lipinski definition) is 0. The summed E-state index contributed by atoms with van der Waals surface area (Å²) in [6.45, 7) is 5.13. The van der Waals surface area contributed by atoms with E-state index < -0.39 is 0 Å². The first kappa shape index (κ1) is 8.98. The zero-order valence-corrected chi connectivity index (χ0v) is 6.28. The molecule has 0 N–H and O–H groups in total. The lowest BCUT2D eigenvalue weighted by Crippen LogP contribution is -1.52. The van der Waals surface area contributed by atoms with Gasteiger partial charge in [-0.15, -0.1) is 0 Å². The average molecular weight is 138 g/mol. The maximum absolute atomic E-state index is 3.41. The monoisotopic (exact) mass is 138 g/mol. The first-order chi connectivity index (χ1) is 5.41. The minimum Gasteiger partial charge on any atom is -0.0925 e. The smallest absolute Gasteiger partial charge is 0.0000226 e. The molecule has 0 aromatic carbocycles. The SMILES string of the molecule is C=CC#CC#CC#CC#CC. The largest absolute Gasteiger partial charge is 0.0925 e. The molecule has 0 amide bonds. The molecule has 0 unspecified atom stereocenters. The van der Waals surface area contributed by atoms with Gasteiger partial charge in [0.25, 0.3) is 0 Å². The molecule has 0 aliphatic rings. The molecule has 0 rings (SSSR count). The Morgan fingerprint density at radius 3 is 2.00 bits per heavy atom. The highest BCUT2D eigenvalue weighted by molar-refractivity contribution is 5.40. The van der Waals surface area contributed by atoms with Crippen LogP contribution in [0.4, 0.5) is 0 Å². The second kappa shape index (κ2) is 7.98. The number of allylic oxidation sites excluding steroid dienone is 1. The van der Waals surface area contributed by atoms with Gasteiger partial charge in [0, 0.05) is 0 Å². The Morgan fingerprint density at radius 2 is 1.45 bits per heavy atom. The van der Waals surface area contributed by atoms with Crippen molar-refractivity contribution in [3.63, 3.8) is 0 Å². The first-order valence-electron chi connectivity index (χ1n) is 2.95. The molecule has 0 heteroatoms. The standard InChI is InChI=1S/C11H6/c1-3-5-7-9-11-10-8-6-4-2/h3H,1H2,2H3. The van der Waals surface area contributed by atoms with Crippen LogP contribution < -0.4 is 0 Å². The summed E-state index contributed by atoms with van der Waals surface area (Å²) < 4.78 is 0. The summed E-state index contributed by atoms with van der Waals surface area (Å²) in [5, 5.41) is 0. The topological polar surface area (TPSA) is 0 Å². The molecule has 0 bridgehead atoms. The van der Waals surface area contributed by atoms with Crippen molar-refractivity contribution in [3.8, 4) is 47.4 Å². The molecule has 0 aliphatic heterocycles. The van der Waals surface area contributed by atoms with Crippen molar-refractivity contribution < 1.29 is 0 Å². The molecule has 0 spiro atoms. The van der Waals surface area contributed by atoms with E-state index in [9.17, 15) is 0 Å². The second-order valence-electron chi connectivity index (χ2n) is 1.35. The van der Waals surface area contributed by atoms with E-state index in [1.165, 1.54) is 6.08 Å². The van der Waals surface area contributed by atoms with Crippen molar-refractivity contribution >= 4 is 0 Å². The lowest BCUT2D eigenvalue weighted by Gasteiger charge is -1.55. The van der Waals surface area contributed by atoms with E-state index in [4.69, 9.17) is 0 Å². The molecule has 0 atom stereocenters. The van der Waals surface area contributed by atoms with Gasteiger partial charge in [0.1, 0.15) is 0 Å². The second-order valence-corrected chi connectivity index (χ2v) is 1.35. The summed E-state index contributed by atoms with van der Waals surface area (Å²) in [7, 11) is 0. The summed E-state index contributed by atoms with van der Waals surface area (Å²) >= 11 is 0. The highest BCUT2D eigenvalue weighted by Gasteiger charge is 1.53. The molecular formula is C11H6. The van der Waals surface area contributed by atoms with Gasteiger partial charge in [-0.2, -0.15) is 0 Å². The zero-order valence-electron chi connectivity index (χ0n) is 6.28. The maximum Gasteiger partial charge on any atom is -0.0000226 e. The fourth-order valence-electron chi connectivity index (χ4n) is 0.275. The van der Waals surface area contributed by atoms with Gasteiger partial charge in [0.15, 0.2) is 0 Å². The van der Waals surface area contributed by atoms with Crippen molar-refractivity contribution in [1.82, 2.24) is 0 Å². The molecule has 50 valence electrons. The highest BCUT2D eigenvalue weighted by Crippen LogP contribution is 1.56. The quantitative estimate of drug-likeness (QED) is 0.441. The third-order valence-corrected chi connectivity index (χ3v) is 0.612. The Kier molecular flexibility index (Phi) is 6.51. The molecule has 0 heterocycles. The molecule has 11 heavy (non-hydrogen) atoms. The Labute approximate surface area is 67.7 Å². The molecule has 0 radical (unpaired) electrons. The summed E-state index contributed by atoms with van der Waals surface area (Å²) in [4.78, 5) is 0. The van der Waals surface area contributed by atoms with Crippen molar-refractivity contribution in [3.05, 3.63) is 12.7 Å². The van der Waals surface area contributed by atoms with E-state index >= 15 is 0 Å². The molecule has 0 aromatic heterocycles. The number of rotatable bonds is 0. The summed E-state index contributed by atoms with van der Waals surface area (Å²) in [6, 6.07) is 0. The Balaban J connectivity index is 4.00. The molecule has 0 nitrogen and oxygen atoms in total. The fourth-order valence-corrected chi connectivity index (χ4v) is 0.275. The van der Waals surface area contributed by atoms with E-state index in [-0.39, 0.29) is 0 Å². The lowest BCUT2D eigenvalue weighted by atomic mass is 10.5. The van der Waals surface area contributed by atoms with Crippen LogP contribution in [-0.4, -0.2) is 0 Å². The van der Waals surface area contributed by atoms with Crippen LogP contribution in [-0.2, 0) is 0 Å². The molecule has 0 fully saturated rings.